The van der Waals surface area contributed by atoms with Gasteiger partial charge in [-0.05, 0) is 36.6 Å². The lowest BCUT2D eigenvalue weighted by molar-refractivity contribution is 0.250. The first-order valence-corrected chi connectivity index (χ1v) is 11.7. The monoisotopic (exact) mass is 445 g/mol. The average Bonchev–Trinajstić information content (AvgIpc) is 3.52. The molecule has 8 nitrogen and oxygen atoms in total. The van der Waals surface area contributed by atoms with Crippen molar-refractivity contribution < 1.29 is 4.42 Å². The zero-order chi connectivity index (χ0) is 22.6. The van der Waals surface area contributed by atoms with Crippen molar-refractivity contribution in [2.45, 2.75) is 26.8 Å². The Bertz CT molecular complexity index is 1160. The second-order valence-corrected chi connectivity index (χ2v) is 8.96. The van der Waals surface area contributed by atoms with Gasteiger partial charge in [0.05, 0.1) is 6.26 Å². The number of anilines is 2. The number of nitrogens with zero attached hydrogens (tertiary/aromatic N) is 6. The number of furan rings is 1. The fourth-order valence-corrected chi connectivity index (χ4v) is 4.18. The summed E-state index contributed by atoms with van der Waals surface area (Å²) in [5.74, 6) is 2.58. The predicted octanol–water partition coefficient (Wildman–Crippen LogP) is 4.16. The third-order valence-corrected chi connectivity index (χ3v) is 6.07. The van der Waals surface area contributed by atoms with Crippen LogP contribution in [0.5, 0.6) is 0 Å². The summed E-state index contributed by atoms with van der Waals surface area (Å²) < 4.78 is 7.38. The molecule has 1 N–H and O–H groups in total. The zero-order valence-corrected chi connectivity index (χ0v) is 19.3. The maximum atomic E-state index is 5.55. The largest absolute Gasteiger partial charge is 0.461 e. The molecule has 3 aromatic heterocycles. The summed E-state index contributed by atoms with van der Waals surface area (Å²) in [6.07, 6.45) is 4.65. The molecule has 8 heteroatoms. The highest BCUT2D eigenvalue weighted by molar-refractivity contribution is 5.58. The molecular weight excluding hydrogens is 414 g/mol. The van der Waals surface area contributed by atoms with Crippen LogP contribution in [-0.2, 0) is 6.54 Å². The molecule has 1 aliphatic rings. The number of para-hydroxylation sites is 1. The van der Waals surface area contributed by atoms with Crippen LogP contribution in [0.1, 0.15) is 25.8 Å². The van der Waals surface area contributed by atoms with Gasteiger partial charge in [0.15, 0.2) is 11.4 Å². The van der Waals surface area contributed by atoms with Crippen LogP contribution in [0.2, 0.25) is 0 Å². The highest BCUT2D eigenvalue weighted by Crippen LogP contribution is 2.22. The zero-order valence-electron chi connectivity index (χ0n) is 19.3. The number of hydrogen-bond acceptors (Lipinski definition) is 7. The molecular formula is C25H31N7O. The maximum absolute atomic E-state index is 5.55. The standard InChI is InChI=1S/C25H31N7O/c1-19(2)10-11-26-25-27-17-20(24-28-23(29-32(24)25)22-9-6-16-33-22)18-30-12-14-31(15-13-30)21-7-4-3-5-8-21/h3-9,16-17,19H,10-15,18H2,1-2H3,(H,26,27). The Labute approximate surface area is 194 Å². The molecule has 0 bridgehead atoms. The van der Waals surface area contributed by atoms with Crippen LogP contribution in [0, 0.1) is 5.92 Å². The van der Waals surface area contributed by atoms with Gasteiger partial charge in [0.2, 0.25) is 11.8 Å². The molecule has 0 aliphatic carbocycles. The van der Waals surface area contributed by atoms with E-state index in [1.807, 2.05) is 22.8 Å². The first-order chi connectivity index (χ1) is 16.2. The molecule has 4 aromatic rings. The van der Waals surface area contributed by atoms with E-state index < -0.39 is 0 Å². The van der Waals surface area contributed by atoms with E-state index in [-0.39, 0.29) is 0 Å². The molecule has 1 saturated heterocycles. The fraction of sp³-hybridized carbons (Fsp3) is 0.400. The van der Waals surface area contributed by atoms with Gasteiger partial charge in [-0.1, -0.05) is 32.0 Å². The van der Waals surface area contributed by atoms with Crippen molar-refractivity contribution >= 4 is 17.3 Å². The van der Waals surface area contributed by atoms with Gasteiger partial charge in [0, 0.05) is 56.7 Å². The smallest absolute Gasteiger partial charge is 0.225 e. The van der Waals surface area contributed by atoms with Crippen molar-refractivity contribution in [3.8, 4) is 11.6 Å². The minimum Gasteiger partial charge on any atom is -0.461 e. The van der Waals surface area contributed by atoms with Crippen molar-refractivity contribution in [1.82, 2.24) is 24.5 Å². The van der Waals surface area contributed by atoms with E-state index in [0.29, 0.717) is 23.5 Å². The van der Waals surface area contributed by atoms with Crippen LogP contribution in [0.25, 0.3) is 17.2 Å². The van der Waals surface area contributed by atoms with Gasteiger partial charge in [-0.15, -0.1) is 5.10 Å². The molecule has 172 valence electrons. The lowest BCUT2D eigenvalue weighted by Gasteiger charge is -2.36. The van der Waals surface area contributed by atoms with Crippen molar-refractivity contribution in [3.05, 3.63) is 60.5 Å². The number of hydrogen-bond donors (Lipinski definition) is 1. The van der Waals surface area contributed by atoms with E-state index in [9.17, 15) is 0 Å². The van der Waals surface area contributed by atoms with Gasteiger partial charge in [0.25, 0.3) is 0 Å². The van der Waals surface area contributed by atoms with Crippen LogP contribution >= 0.6 is 0 Å². The number of nitrogens with one attached hydrogen (secondary N) is 1. The van der Waals surface area contributed by atoms with Gasteiger partial charge in [-0.25, -0.2) is 9.97 Å². The predicted molar refractivity (Wildman–Crippen MR) is 130 cm³/mol. The van der Waals surface area contributed by atoms with E-state index in [0.717, 1.165) is 56.9 Å². The summed E-state index contributed by atoms with van der Waals surface area (Å²) in [5, 5.41) is 8.15. The normalized spacial score (nSPS) is 14.9. The van der Waals surface area contributed by atoms with E-state index in [4.69, 9.17) is 19.5 Å². The highest BCUT2D eigenvalue weighted by Gasteiger charge is 2.21. The quantitative estimate of drug-likeness (QED) is 0.436. The number of piperazine rings is 1. The van der Waals surface area contributed by atoms with Crippen LogP contribution in [-0.4, -0.2) is 57.2 Å². The Kier molecular flexibility index (Phi) is 6.26. The van der Waals surface area contributed by atoms with Gasteiger partial charge >= 0.3 is 0 Å². The Balaban J connectivity index is 1.35. The summed E-state index contributed by atoms with van der Waals surface area (Å²) >= 11 is 0. The minimum absolute atomic E-state index is 0.579. The molecule has 0 amide bonds. The lowest BCUT2D eigenvalue weighted by atomic mass is 10.1. The van der Waals surface area contributed by atoms with E-state index >= 15 is 0 Å². The Morgan fingerprint density at radius 3 is 2.58 bits per heavy atom. The minimum atomic E-state index is 0.579. The van der Waals surface area contributed by atoms with Crippen molar-refractivity contribution in [2.75, 3.05) is 42.9 Å². The van der Waals surface area contributed by atoms with Gasteiger partial charge in [0.1, 0.15) is 0 Å². The molecule has 0 spiro atoms. The summed E-state index contributed by atoms with van der Waals surface area (Å²) in [5.41, 5.74) is 3.19. The molecule has 4 heterocycles. The number of rotatable bonds is 8. The summed E-state index contributed by atoms with van der Waals surface area (Å²) in [7, 11) is 0. The van der Waals surface area contributed by atoms with Gasteiger partial charge in [-0.2, -0.15) is 4.52 Å². The topological polar surface area (TPSA) is 74.7 Å². The van der Waals surface area contributed by atoms with Crippen LogP contribution < -0.4 is 10.2 Å². The van der Waals surface area contributed by atoms with Crippen LogP contribution in [0.4, 0.5) is 11.6 Å². The third-order valence-electron chi connectivity index (χ3n) is 6.07. The summed E-state index contributed by atoms with van der Waals surface area (Å²) in [6.45, 7) is 10.1. The maximum Gasteiger partial charge on any atom is 0.225 e. The average molecular weight is 446 g/mol. The third kappa shape index (κ3) is 4.85. The SMILES string of the molecule is CC(C)CCNc1ncc(CN2CCN(c3ccccc3)CC2)c2nc(-c3ccco3)nn12. The van der Waals surface area contributed by atoms with Gasteiger partial charge in [-0.3, -0.25) is 4.90 Å². The summed E-state index contributed by atoms with van der Waals surface area (Å²) in [4.78, 5) is 14.4. The number of benzene rings is 1. The lowest BCUT2D eigenvalue weighted by Crippen LogP contribution is -2.46. The van der Waals surface area contributed by atoms with Crippen molar-refractivity contribution in [3.63, 3.8) is 0 Å². The van der Waals surface area contributed by atoms with E-state index in [1.165, 1.54) is 5.69 Å². The highest BCUT2D eigenvalue weighted by atomic mass is 16.3. The molecule has 1 aromatic carbocycles. The molecule has 1 fully saturated rings. The van der Waals surface area contributed by atoms with Crippen molar-refractivity contribution in [1.29, 1.82) is 0 Å². The molecule has 0 radical (unpaired) electrons. The molecule has 33 heavy (non-hydrogen) atoms. The first kappa shape index (κ1) is 21.5. The Morgan fingerprint density at radius 1 is 1.03 bits per heavy atom. The van der Waals surface area contributed by atoms with E-state index in [2.05, 4.69) is 59.3 Å². The van der Waals surface area contributed by atoms with Crippen LogP contribution in [0.15, 0.2) is 59.3 Å². The first-order valence-electron chi connectivity index (χ1n) is 11.7. The molecule has 0 saturated carbocycles. The summed E-state index contributed by atoms with van der Waals surface area (Å²) in [6, 6.07) is 14.4. The number of aromatic nitrogens is 4. The van der Waals surface area contributed by atoms with Crippen molar-refractivity contribution in [2.24, 2.45) is 5.92 Å². The second kappa shape index (κ2) is 9.62. The van der Waals surface area contributed by atoms with E-state index in [1.54, 1.807) is 6.26 Å². The van der Waals surface area contributed by atoms with Gasteiger partial charge < -0.3 is 14.6 Å². The van der Waals surface area contributed by atoms with Crippen LogP contribution in [0.3, 0.4) is 0 Å². The fourth-order valence-electron chi connectivity index (χ4n) is 4.18. The molecule has 1 aliphatic heterocycles. The molecule has 5 rings (SSSR count). The second-order valence-electron chi connectivity index (χ2n) is 8.96. The molecule has 0 atom stereocenters. The Hall–Kier alpha value is -3.39. The number of fused-ring (bicyclic) bond motifs is 1. The Morgan fingerprint density at radius 2 is 1.85 bits per heavy atom. The molecule has 0 unspecified atom stereocenters.